The van der Waals surface area contributed by atoms with Gasteiger partial charge in [0.1, 0.15) is 5.83 Å². The van der Waals surface area contributed by atoms with E-state index in [1.54, 1.807) is 6.08 Å². The third-order valence-electron chi connectivity index (χ3n) is 1.72. The van der Waals surface area contributed by atoms with Gasteiger partial charge in [0.2, 0.25) is 0 Å². The van der Waals surface area contributed by atoms with Gasteiger partial charge in [-0.1, -0.05) is 13.0 Å². The molecule has 0 fully saturated rings. The van der Waals surface area contributed by atoms with E-state index in [0.29, 0.717) is 5.92 Å². The van der Waals surface area contributed by atoms with Crippen LogP contribution >= 0.6 is 11.6 Å². The van der Waals surface area contributed by atoms with Crippen LogP contribution in [0.2, 0.25) is 0 Å². The SMILES string of the molecule is CC1CCC=C(F)C1Cl. The second kappa shape index (κ2) is 2.70. The van der Waals surface area contributed by atoms with E-state index in [1.165, 1.54) is 0 Å². The van der Waals surface area contributed by atoms with Gasteiger partial charge in [-0.3, -0.25) is 0 Å². The van der Waals surface area contributed by atoms with E-state index < -0.39 is 0 Å². The lowest BCUT2D eigenvalue weighted by Gasteiger charge is -2.19. The summed E-state index contributed by atoms with van der Waals surface area (Å²) in [5, 5.41) is -0.362. The predicted octanol–water partition coefficient (Wildman–Crippen LogP) is 2.88. The van der Waals surface area contributed by atoms with E-state index in [4.69, 9.17) is 11.6 Å². The van der Waals surface area contributed by atoms with Crippen LogP contribution in [0.4, 0.5) is 4.39 Å². The summed E-state index contributed by atoms with van der Waals surface area (Å²) in [6.07, 6.45) is 3.44. The molecule has 2 unspecified atom stereocenters. The van der Waals surface area contributed by atoms with E-state index in [1.807, 2.05) is 6.92 Å². The number of halogens is 2. The molecule has 0 bridgehead atoms. The molecule has 9 heavy (non-hydrogen) atoms. The molecule has 0 nitrogen and oxygen atoms in total. The summed E-state index contributed by atoms with van der Waals surface area (Å²) in [7, 11) is 0. The summed E-state index contributed by atoms with van der Waals surface area (Å²) in [5.74, 6) is 0.159. The van der Waals surface area contributed by atoms with Gasteiger partial charge in [-0.15, -0.1) is 11.6 Å². The molecule has 1 aliphatic rings. The summed E-state index contributed by atoms with van der Waals surface area (Å²) in [5.41, 5.74) is 0. The van der Waals surface area contributed by atoms with Crippen molar-refractivity contribution in [2.24, 2.45) is 5.92 Å². The molecule has 0 radical (unpaired) electrons. The first-order valence-corrected chi connectivity index (χ1v) is 3.65. The van der Waals surface area contributed by atoms with Crippen molar-refractivity contribution >= 4 is 11.6 Å². The summed E-state index contributed by atoms with van der Waals surface area (Å²) in [6.45, 7) is 1.98. The maximum atomic E-state index is 12.6. The van der Waals surface area contributed by atoms with Gasteiger partial charge in [0.05, 0.1) is 5.38 Å². The van der Waals surface area contributed by atoms with Crippen LogP contribution in [0.15, 0.2) is 11.9 Å². The number of hydrogen-bond acceptors (Lipinski definition) is 0. The molecule has 1 rings (SSSR count). The van der Waals surface area contributed by atoms with E-state index in [2.05, 4.69) is 0 Å². The normalized spacial score (nSPS) is 36.1. The molecule has 0 spiro atoms. The van der Waals surface area contributed by atoms with Gasteiger partial charge in [0.25, 0.3) is 0 Å². The summed E-state index contributed by atoms with van der Waals surface area (Å²) < 4.78 is 12.6. The monoisotopic (exact) mass is 148 g/mol. The van der Waals surface area contributed by atoms with Crippen molar-refractivity contribution in [2.45, 2.75) is 25.1 Å². The second-order valence-corrected chi connectivity index (χ2v) is 3.02. The topological polar surface area (TPSA) is 0 Å². The first-order chi connectivity index (χ1) is 4.22. The third-order valence-corrected chi connectivity index (χ3v) is 2.36. The molecular weight excluding hydrogens is 139 g/mol. The van der Waals surface area contributed by atoms with E-state index in [0.717, 1.165) is 12.8 Å². The highest BCUT2D eigenvalue weighted by molar-refractivity contribution is 6.22. The average molecular weight is 149 g/mol. The molecule has 0 N–H and O–H groups in total. The molecule has 1 aliphatic carbocycles. The Morgan fingerprint density at radius 3 is 2.89 bits per heavy atom. The smallest absolute Gasteiger partial charge is 0.114 e. The first kappa shape index (κ1) is 7.07. The maximum Gasteiger partial charge on any atom is 0.114 e. The van der Waals surface area contributed by atoms with Crippen LogP contribution in [0.3, 0.4) is 0 Å². The summed E-state index contributed by atoms with van der Waals surface area (Å²) >= 11 is 5.67. The summed E-state index contributed by atoms with van der Waals surface area (Å²) in [6, 6.07) is 0. The number of hydrogen-bond donors (Lipinski definition) is 0. The van der Waals surface area contributed by atoms with Crippen molar-refractivity contribution < 1.29 is 4.39 Å². The quantitative estimate of drug-likeness (QED) is 0.464. The minimum absolute atomic E-state index is 0.143. The number of alkyl halides is 1. The minimum Gasteiger partial charge on any atom is -0.211 e. The van der Waals surface area contributed by atoms with Crippen molar-refractivity contribution in [3.8, 4) is 0 Å². The standard InChI is InChI=1S/C7H10ClF/c1-5-3-2-4-6(9)7(5)8/h4-5,7H,2-3H2,1H3. The Bertz CT molecular complexity index is 131. The van der Waals surface area contributed by atoms with Gasteiger partial charge in [0, 0.05) is 0 Å². The maximum absolute atomic E-state index is 12.6. The van der Waals surface area contributed by atoms with Crippen molar-refractivity contribution in [1.82, 2.24) is 0 Å². The van der Waals surface area contributed by atoms with Crippen LogP contribution in [-0.2, 0) is 0 Å². The predicted molar refractivity (Wildman–Crippen MR) is 37.2 cm³/mol. The summed E-state index contributed by atoms with van der Waals surface area (Å²) in [4.78, 5) is 0. The van der Waals surface area contributed by atoms with E-state index in [9.17, 15) is 4.39 Å². The highest BCUT2D eigenvalue weighted by Crippen LogP contribution is 2.28. The Balaban J connectivity index is 2.62. The van der Waals surface area contributed by atoms with E-state index in [-0.39, 0.29) is 11.2 Å². The lowest BCUT2D eigenvalue weighted by Crippen LogP contribution is -2.15. The number of allylic oxidation sites excluding steroid dienone is 2. The van der Waals surface area contributed by atoms with Crippen molar-refractivity contribution in [3.05, 3.63) is 11.9 Å². The number of rotatable bonds is 0. The molecule has 2 atom stereocenters. The van der Waals surface area contributed by atoms with Gasteiger partial charge in [-0.05, 0) is 18.8 Å². The van der Waals surface area contributed by atoms with Crippen LogP contribution in [0, 0.1) is 5.92 Å². The highest BCUT2D eigenvalue weighted by Gasteiger charge is 2.21. The fraction of sp³-hybridized carbons (Fsp3) is 0.714. The van der Waals surface area contributed by atoms with Gasteiger partial charge >= 0.3 is 0 Å². The Labute approximate surface area is 59.7 Å². The van der Waals surface area contributed by atoms with Crippen LogP contribution in [0.1, 0.15) is 19.8 Å². The molecular formula is C7H10ClF. The fourth-order valence-electron chi connectivity index (χ4n) is 1.01. The fourth-order valence-corrected chi connectivity index (χ4v) is 1.23. The van der Waals surface area contributed by atoms with Crippen LogP contribution in [-0.4, -0.2) is 5.38 Å². The second-order valence-electron chi connectivity index (χ2n) is 2.55. The molecule has 0 aromatic carbocycles. The Morgan fingerprint density at radius 1 is 1.78 bits per heavy atom. The first-order valence-electron chi connectivity index (χ1n) is 3.21. The average Bonchev–Trinajstić information content (AvgIpc) is 1.83. The lowest BCUT2D eigenvalue weighted by atomic mass is 9.95. The molecule has 2 heteroatoms. The molecule has 0 aromatic heterocycles. The third kappa shape index (κ3) is 1.45. The highest BCUT2D eigenvalue weighted by atomic mass is 35.5. The zero-order valence-electron chi connectivity index (χ0n) is 5.40. The van der Waals surface area contributed by atoms with E-state index >= 15 is 0 Å². The Morgan fingerprint density at radius 2 is 2.44 bits per heavy atom. The van der Waals surface area contributed by atoms with Crippen molar-refractivity contribution in [3.63, 3.8) is 0 Å². The molecule has 0 heterocycles. The minimum atomic E-state index is -0.362. The zero-order chi connectivity index (χ0) is 6.85. The molecule has 0 amide bonds. The van der Waals surface area contributed by atoms with Crippen LogP contribution in [0.25, 0.3) is 0 Å². The van der Waals surface area contributed by atoms with Gasteiger partial charge < -0.3 is 0 Å². The van der Waals surface area contributed by atoms with Gasteiger partial charge in [-0.25, -0.2) is 4.39 Å². The zero-order valence-corrected chi connectivity index (χ0v) is 6.16. The van der Waals surface area contributed by atoms with Crippen LogP contribution < -0.4 is 0 Å². The molecule has 0 aromatic rings. The molecule has 0 saturated carbocycles. The largest absolute Gasteiger partial charge is 0.211 e. The van der Waals surface area contributed by atoms with Crippen molar-refractivity contribution in [1.29, 1.82) is 0 Å². The Kier molecular flexibility index (Phi) is 2.12. The van der Waals surface area contributed by atoms with Gasteiger partial charge in [0.15, 0.2) is 0 Å². The van der Waals surface area contributed by atoms with Gasteiger partial charge in [-0.2, -0.15) is 0 Å². The van der Waals surface area contributed by atoms with Crippen molar-refractivity contribution in [2.75, 3.05) is 0 Å². The van der Waals surface area contributed by atoms with Crippen LogP contribution in [0.5, 0.6) is 0 Å². The molecule has 0 saturated heterocycles. The Hall–Kier alpha value is -0.0400. The molecule has 0 aliphatic heterocycles. The lowest BCUT2D eigenvalue weighted by molar-refractivity contribution is 0.443. The molecule has 52 valence electrons.